The number of phenolic OH excluding ortho intramolecular Hbond substituents is 1. The summed E-state index contributed by atoms with van der Waals surface area (Å²) in [5.41, 5.74) is 4.22. The van der Waals surface area contributed by atoms with Crippen LogP contribution in [-0.4, -0.2) is 17.2 Å². The average Bonchev–Trinajstić information content (AvgIpc) is 2.58. The van der Waals surface area contributed by atoms with Crippen LogP contribution in [0.15, 0.2) is 48.5 Å². The number of rotatable bonds is 3. The van der Waals surface area contributed by atoms with Crippen molar-refractivity contribution < 1.29 is 5.11 Å². The van der Waals surface area contributed by atoms with E-state index in [9.17, 15) is 5.11 Å². The Kier molecular flexibility index (Phi) is 3.86. The van der Waals surface area contributed by atoms with Crippen molar-refractivity contribution in [3.8, 4) is 5.75 Å². The minimum Gasteiger partial charge on any atom is -0.508 e. The molecule has 0 spiro atoms. The molecule has 2 aromatic carbocycles. The number of benzene rings is 2. The number of aromatic hydroxyl groups is 1. The molecule has 0 aromatic heterocycles. The van der Waals surface area contributed by atoms with Gasteiger partial charge in [-0.2, -0.15) is 0 Å². The second-order valence-corrected chi connectivity index (χ2v) is 7.28. The van der Waals surface area contributed by atoms with Crippen molar-refractivity contribution in [1.29, 1.82) is 0 Å². The first-order valence-electron chi connectivity index (χ1n) is 8.82. The largest absolute Gasteiger partial charge is 0.508 e. The van der Waals surface area contributed by atoms with Gasteiger partial charge in [0.15, 0.2) is 0 Å². The average molecular weight is 307 g/mol. The van der Waals surface area contributed by atoms with E-state index in [-0.39, 0.29) is 0 Å². The highest BCUT2D eigenvalue weighted by Crippen LogP contribution is 2.43. The zero-order valence-electron chi connectivity index (χ0n) is 13.7. The van der Waals surface area contributed by atoms with Crippen LogP contribution in [0.2, 0.25) is 0 Å². The lowest BCUT2D eigenvalue weighted by molar-refractivity contribution is 0.164. The van der Waals surface area contributed by atoms with Crippen LogP contribution >= 0.6 is 0 Å². The van der Waals surface area contributed by atoms with E-state index < -0.39 is 0 Å². The standard InChI is InChI=1S/C21H25NO/c1-14-20(15-5-3-2-4-6-15)13-21(14)22-18-9-7-17-12-19(23)10-8-16(17)11-18/h2-6,8,10,12,14,18,20-23H,7,9,11,13H2,1H3. The SMILES string of the molecule is CC1C(NC2CCc3cc(O)ccc3C2)CC1c1ccccc1. The van der Waals surface area contributed by atoms with Crippen molar-refractivity contribution in [2.24, 2.45) is 5.92 Å². The van der Waals surface area contributed by atoms with Gasteiger partial charge in [0.2, 0.25) is 0 Å². The van der Waals surface area contributed by atoms with E-state index in [1.165, 1.54) is 29.5 Å². The number of fused-ring (bicyclic) bond motifs is 1. The van der Waals surface area contributed by atoms with Crippen LogP contribution in [0.25, 0.3) is 0 Å². The molecular formula is C21H25NO. The lowest BCUT2D eigenvalue weighted by Crippen LogP contribution is -2.52. The van der Waals surface area contributed by atoms with Crippen molar-refractivity contribution in [1.82, 2.24) is 5.32 Å². The van der Waals surface area contributed by atoms with Gasteiger partial charge in [-0.15, -0.1) is 0 Å². The summed E-state index contributed by atoms with van der Waals surface area (Å²) in [5, 5.41) is 13.5. The topological polar surface area (TPSA) is 32.3 Å². The van der Waals surface area contributed by atoms with Crippen LogP contribution in [0.4, 0.5) is 0 Å². The summed E-state index contributed by atoms with van der Waals surface area (Å²) in [5.74, 6) is 1.81. The van der Waals surface area contributed by atoms with Crippen molar-refractivity contribution in [2.45, 2.75) is 50.6 Å². The summed E-state index contributed by atoms with van der Waals surface area (Å²) in [6.45, 7) is 2.38. The smallest absolute Gasteiger partial charge is 0.115 e. The van der Waals surface area contributed by atoms with Gasteiger partial charge in [-0.05, 0) is 66.3 Å². The van der Waals surface area contributed by atoms with Crippen LogP contribution in [0.3, 0.4) is 0 Å². The predicted octanol–water partition coefficient (Wildman–Crippen LogP) is 4.03. The van der Waals surface area contributed by atoms with E-state index in [0.717, 1.165) is 12.8 Å². The van der Waals surface area contributed by atoms with Gasteiger partial charge in [0.05, 0.1) is 0 Å². The van der Waals surface area contributed by atoms with Gasteiger partial charge in [-0.25, -0.2) is 0 Å². The molecule has 0 bridgehead atoms. The molecule has 2 aliphatic carbocycles. The molecule has 120 valence electrons. The van der Waals surface area contributed by atoms with Crippen molar-refractivity contribution in [2.75, 3.05) is 0 Å². The Morgan fingerprint density at radius 2 is 1.87 bits per heavy atom. The second-order valence-electron chi connectivity index (χ2n) is 7.28. The fourth-order valence-corrected chi connectivity index (χ4v) is 4.33. The van der Waals surface area contributed by atoms with E-state index in [1.807, 2.05) is 12.1 Å². The first-order valence-corrected chi connectivity index (χ1v) is 8.82. The molecule has 0 heterocycles. The number of aryl methyl sites for hydroxylation is 1. The number of hydrogen-bond acceptors (Lipinski definition) is 2. The van der Waals surface area contributed by atoms with Crippen LogP contribution in [0.1, 0.15) is 42.4 Å². The molecule has 4 atom stereocenters. The normalized spacial score (nSPS) is 29.6. The Balaban J connectivity index is 1.36. The van der Waals surface area contributed by atoms with Gasteiger partial charge in [0.25, 0.3) is 0 Å². The first-order chi connectivity index (χ1) is 11.2. The Hall–Kier alpha value is -1.80. The monoisotopic (exact) mass is 307 g/mol. The van der Waals surface area contributed by atoms with E-state index in [4.69, 9.17) is 0 Å². The number of hydrogen-bond donors (Lipinski definition) is 2. The highest BCUT2D eigenvalue weighted by molar-refractivity contribution is 5.37. The van der Waals surface area contributed by atoms with E-state index in [1.54, 1.807) is 0 Å². The summed E-state index contributed by atoms with van der Waals surface area (Å²) in [6.07, 6.45) is 4.60. The molecule has 0 radical (unpaired) electrons. The third-order valence-corrected chi connectivity index (χ3v) is 5.87. The van der Waals surface area contributed by atoms with Gasteiger partial charge in [-0.1, -0.05) is 43.3 Å². The molecule has 23 heavy (non-hydrogen) atoms. The molecule has 2 nitrogen and oxygen atoms in total. The van der Waals surface area contributed by atoms with Gasteiger partial charge in [-0.3, -0.25) is 0 Å². The summed E-state index contributed by atoms with van der Waals surface area (Å²) in [7, 11) is 0. The predicted molar refractivity (Wildman–Crippen MR) is 93.8 cm³/mol. The number of nitrogens with one attached hydrogen (secondary N) is 1. The van der Waals surface area contributed by atoms with Crippen LogP contribution in [0, 0.1) is 5.92 Å². The van der Waals surface area contributed by atoms with Crippen LogP contribution in [0.5, 0.6) is 5.75 Å². The quantitative estimate of drug-likeness (QED) is 0.897. The molecule has 2 aromatic rings. The molecule has 1 saturated carbocycles. The van der Waals surface area contributed by atoms with Crippen molar-refractivity contribution in [3.63, 3.8) is 0 Å². The third kappa shape index (κ3) is 2.88. The van der Waals surface area contributed by atoms with Crippen LogP contribution in [-0.2, 0) is 12.8 Å². The molecule has 4 unspecified atom stereocenters. The van der Waals surface area contributed by atoms with Gasteiger partial charge in [0, 0.05) is 12.1 Å². The maximum Gasteiger partial charge on any atom is 0.115 e. The molecular weight excluding hydrogens is 282 g/mol. The maximum absolute atomic E-state index is 9.60. The second kappa shape index (κ2) is 6.01. The Morgan fingerprint density at radius 3 is 2.65 bits per heavy atom. The molecule has 2 N–H and O–H groups in total. The van der Waals surface area contributed by atoms with Gasteiger partial charge in [0.1, 0.15) is 5.75 Å². The summed E-state index contributed by atoms with van der Waals surface area (Å²) in [6, 6.07) is 18.0. The molecule has 0 aliphatic heterocycles. The molecule has 4 rings (SSSR count). The Morgan fingerprint density at radius 1 is 1.04 bits per heavy atom. The van der Waals surface area contributed by atoms with E-state index in [2.05, 4.69) is 48.6 Å². The van der Waals surface area contributed by atoms with E-state index >= 15 is 0 Å². The van der Waals surface area contributed by atoms with E-state index in [0.29, 0.717) is 29.7 Å². The van der Waals surface area contributed by atoms with Crippen molar-refractivity contribution in [3.05, 3.63) is 65.2 Å². The summed E-state index contributed by atoms with van der Waals surface area (Å²) in [4.78, 5) is 0. The minimum atomic E-state index is 0.397. The molecule has 0 saturated heterocycles. The number of phenols is 1. The Labute approximate surface area is 138 Å². The van der Waals surface area contributed by atoms with Gasteiger partial charge >= 0.3 is 0 Å². The van der Waals surface area contributed by atoms with Gasteiger partial charge < -0.3 is 10.4 Å². The Bertz CT molecular complexity index is 681. The zero-order valence-corrected chi connectivity index (χ0v) is 13.7. The molecule has 2 aliphatic rings. The lowest BCUT2D eigenvalue weighted by atomic mass is 9.66. The third-order valence-electron chi connectivity index (χ3n) is 5.87. The maximum atomic E-state index is 9.60. The lowest BCUT2D eigenvalue weighted by Gasteiger charge is -2.46. The fourth-order valence-electron chi connectivity index (χ4n) is 4.33. The highest BCUT2D eigenvalue weighted by Gasteiger charge is 2.39. The molecule has 2 heteroatoms. The molecule has 1 fully saturated rings. The zero-order chi connectivity index (χ0) is 15.8. The van der Waals surface area contributed by atoms with Crippen LogP contribution < -0.4 is 5.32 Å². The summed E-state index contributed by atoms with van der Waals surface area (Å²) < 4.78 is 0. The fraction of sp³-hybridized carbons (Fsp3) is 0.429. The summed E-state index contributed by atoms with van der Waals surface area (Å²) >= 11 is 0. The van der Waals surface area contributed by atoms with Crippen molar-refractivity contribution >= 4 is 0 Å². The highest BCUT2D eigenvalue weighted by atomic mass is 16.3. The molecule has 0 amide bonds. The first kappa shape index (κ1) is 14.8. The minimum absolute atomic E-state index is 0.397.